The van der Waals surface area contributed by atoms with E-state index >= 15 is 0 Å². The van der Waals surface area contributed by atoms with Gasteiger partial charge in [-0.05, 0) is 36.8 Å². The molecule has 1 aliphatic carbocycles. The summed E-state index contributed by atoms with van der Waals surface area (Å²) in [6.07, 6.45) is -11.8. The Bertz CT molecular complexity index is 1390. The van der Waals surface area contributed by atoms with E-state index in [4.69, 9.17) is 42.6 Å². The third-order valence-corrected chi connectivity index (χ3v) is 9.74. The maximum atomic E-state index is 12.8. The monoisotopic (exact) mass is 698 g/mol. The van der Waals surface area contributed by atoms with Crippen molar-refractivity contribution in [2.75, 3.05) is 27.4 Å². The maximum Gasteiger partial charge on any atom is 0.331 e. The highest BCUT2D eigenvalue weighted by molar-refractivity contribution is 5.87. The van der Waals surface area contributed by atoms with Crippen molar-refractivity contribution in [3.8, 4) is 11.5 Å². The topological polar surface area (TPSA) is 245 Å². The highest BCUT2D eigenvalue weighted by Crippen LogP contribution is 2.61. The van der Waals surface area contributed by atoms with Crippen LogP contribution in [0.4, 0.5) is 0 Å². The summed E-state index contributed by atoms with van der Waals surface area (Å²) < 4.78 is 51.0. The highest BCUT2D eigenvalue weighted by atomic mass is 16.8. The summed E-state index contributed by atoms with van der Waals surface area (Å²) in [5.41, 5.74) is -0.632. The smallest absolute Gasteiger partial charge is 0.331 e. The summed E-state index contributed by atoms with van der Waals surface area (Å²) in [6.45, 7) is 0.376. The first-order chi connectivity index (χ1) is 23.5. The molecule has 5 aliphatic rings. The second kappa shape index (κ2) is 14.4. The zero-order valence-corrected chi connectivity index (χ0v) is 26.8. The van der Waals surface area contributed by atoms with Crippen molar-refractivity contribution in [3.05, 3.63) is 42.2 Å². The Kier molecular flexibility index (Phi) is 10.5. The Balaban J connectivity index is 1.14. The Hall–Kier alpha value is -2.91. The molecule has 7 N–H and O–H groups in total. The van der Waals surface area contributed by atoms with Gasteiger partial charge in [0.05, 0.1) is 51.8 Å². The fourth-order valence-electron chi connectivity index (χ4n) is 7.01. The van der Waals surface area contributed by atoms with Crippen LogP contribution in [0, 0.1) is 11.8 Å². The minimum Gasteiger partial charge on any atom is -0.493 e. The molecule has 0 aromatic heterocycles. The summed E-state index contributed by atoms with van der Waals surface area (Å²) in [5.74, 6) is -1.23. The highest BCUT2D eigenvalue weighted by Gasteiger charge is 2.77. The number of rotatable bonds is 11. The van der Waals surface area contributed by atoms with Crippen LogP contribution < -0.4 is 9.47 Å². The van der Waals surface area contributed by atoms with Gasteiger partial charge < -0.3 is 78.4 Å². The molecule has 17 nitrogen and oxygen atoms in total. The van der Waals surface area contributed by atoms with Gasteiger partial charge in [0.1, 0.15) is 48.3 Å². The van der Waals surface area contributed by atoms with Gasteiger partial charge in [-0.2, -0.15) is 0 Å². The summed E-state index contributed by atoms with van der Waals surface area (Å²) in [4.78, 5) is 12.8. The van der Waals surface area contributed by atoms with E-state index in [0.717, 1.165) is 6.08 Å². The van der Waals surface area contributed by atoms with Crippen LogP contribution >= 0.6 is 0 Å². The molecule has 4 fully saturated rings. The number of methoxy groups -OCH3 is 2. The summed E-state index contributed by atoms with van der Waals surface area (Å²) in [5, 5.41) is 72.9. The molecule has 49 heavy (non-hydrogen) atoms. The average Bonchev–Trinajstić information content (AvgIpc) is 3.78. The molecule has 272 valence electrons. The van der Waals surface area contributed by atoms with Gasteiger partial charge in [0.2, 0.25) is 6.29 Å². The van der Waals surface area contributed by atoms with Crippen LogP contribution in [-0.2, 0) is 38.0 Å². The van der Waals surface area contributed by atoms with Crippen molar-refractivity contribution in [2.45, 2.75) is 92.4 Å². The first-order valence-corrected chi connectivity index (χ1v) is 15.8. The lowest BCUT2D eigenvalue weighted by Crippen LogP contribution is -2.60. The van der Waals surface area contributed by atoms with Gasteiger partial charge in [0.25, 0.3) is 0 Å². The van der Waals surface area contributed by atoms with Gasteiger partial charge in [-0.15, -0.1) is 0 Å². The van der Waals surface area contributed by atoms with E-state index in [1.807, 2.05) is 0 Å². The SMILES string of the molecule is COc1ccc(/C=C/C(=O)O[C@@H]2[C@@H](O)[C@H](C)O[C@@H](O[C@H]3[C@@H]4C=CO[C@@H](O[C@@H]5O[C@H](CO)[C@@H](O)[C@H](O)[C@H]5O)[C@@H]4[C@@]4(CO)O[C@@H]34)[C@@H]2O)cc1OC. The first kappa shape index (κ1) is 35.9. The zero-order valence-electron chi connectivity index (χ0n) is 26.8. The summed E-state index contributed by atoms with van der Waals surface area (Å²) in [6, 6.07) is 5.01. The number of carbonyl (C=O) groups excluding carboxylic acids is 1. The molecule has 0 radical (unpaired) electrons. The molecular weight excluding hydrogens is 656 g/mol. The summed E-state index contributed by atoms with van der Waals surface area (Å²) in [7, 11) is 2.98. The van der Waals surface area contributed by atoms with Crippen molar-refractivity contribution >= 4 is 12.0 Å². The Morgan fingerprint density at radius 2 is 1.61 bits per heavy atom. The van der Waals surface area contributed by atoms with Crippen LogP contribution in [0.1, 0.15) is 12.5 Å². The number of aliphatic hydroxyl groups excluding tert-OH is 7. The number of epoxide rings is 1. The third-order valence-electron chi connectivity index (χ3n) is 9.74. The molecule has 16 atom stereocenters. The first-order valence-electron chi connectivity index (χ1n) is 15.8. The number of ether oxygens (including phenoxy) is 9. The van der Waals surface area contributed by atoms with Crippen LogP contribution in [-0.4, -0.2) is 155 Å². The predicted molar refractivity (Wildman–Crippen MR) is 160 cm³/mol. The third kappa shape index (κ3) is 6.55. The Morgan fingerprint density at radius 1 is 0.878 bits per heavy atom. The van der Waals surface area contributed by atoms with Crippen molar-refractivity contribution in [1.29, 1.82) is 0 Å². The molecule has 6 rings (SSSR count). The number of fused-ring (bicyclic) bond motifs is 3. The Labute approximate surface area is 280 Å². The number of carbonyl (C=O) groups is 1. The lowest BCUT2D eigenvalue weighted by atomic mass is 9.85. The van der Waals surface area contributed by atoms with E-state index in [-0.39, 0.29) is 0 Å². The van der Waals surface area contributed by atoms with Crippen LogP contribution in [0.25, 0.3) is 6.08 Å². The number of esters is 1. The number of benzene rings is 1. The van der Waals surface area contributed by atoms with Gasteiger partial charge in [-0.3, -0.25) is 0 Å². The van der Waals surface area contributed by atoms with Crippen LogP contribution in [0.3, 0.4) is 0 Å². The van der Waals surface area contributed by atoms with Gasteiger partial charge >= 0.3 is 5.97 Å². The van der Waals surface area contributed by atoms with Gasteiger partial charge in [-0.25, -0.2) is 4.79 Å². The molecule has 0 amide bonds. The molecule has 1 aromatic carbocycles. The molecule has 4 heterocycles. The molecule has 0 unspecified atom stereocenters. The zero-order chi connectivity index (χ0) is 35.2. The second-order valence-electron chi connectivity index (χ2n) is 12.6. The molecule has 0 spiro atoms. The fourth-order valence-corrected chi connectivity index (χ4v) is 7.01. The standard InChI is InChI=1S/C32H42O17/c1-13-21(36)27(46-19(35)7-5-14-4-6-16(41-2)17(10-14)42-3)25(40)31(44-13)47-26-15-8-9-43-29(20(15)32(12-34)28(26)49-32)48-30-24(39)23(38)22(37)18(11-33)45-30/h4-10,13,15,18,20-31,33-34,36-40H,11-12H2,1-3H3/b7-5+/t13-,15+,18+,20+,21-,22+,23-,24+,25+,26-,27+,28-,29-,30-,31-,32+/m0/s1. The lowest BCUT2D eigenvalue weighted by molar-refractivity contribution is -0.347. The van der Waals surface area contributed by atoms with E-state index < -0.39 is 117 Å². The van der Waals surface area contributed by atoms with E-state index in [1.165, 1.54) is 33.5 Å². The molecule has 1 saturated carbocycles. The van der Waals surface area contributed by atoms with Crippen LogP contribution in [0.15, 0.2) is 36.6 Å². The molecule has 3 saturated heterocycles. The molecular formula is C32H42O17. The molecule has 4 aliphatic heterocycles. The number of hydrogen-bond acceptors (Lipinski definition) is 17. The second-order valence-corrected chi connectivity index (χ2v) is 12.6. The van der Waals surface area contributed by atoms with Crippen LogP contribution in [0.2, 0.25) is 0 Å². The van der Waals surface area contributed by atoms with E-state index in [2.05, 4.69) is 0 Å². The van der Waals surface area contributed by atoms with E-state index in [1.54, 1.807) is 24.3 Å². The van der Waals surface area contributed by atoms with Crippen molar-refractivity contribution in [3.63, 3.8) is 0 Å². The average molecular weight is 699 g/mol. The Morgan fingerprint density at radius 3 is 2.31 bits per heavy atom. The largest absolute Gasteiger partial charge is 0.493 e. The molecule has 17 heteroatoms. The van der Waals surface area contributed by atoms with Gasteiger partial charge in [0, 0.05) is 12.0 Å². The quantitative estimate of drug-likeness (QED) is 0.0720. The van der Waals surface area contributed by atoms with Crippen LogP contribution in [0.5, 0.6) is 11.5 Å². The lowest BCUT2D eigenvalue weighted by Gasteiger charge is -2.44. The van der Waals surface area contributed by atoms with Gasteiger partial charge in [-0.1, -0.05) is 6.07 Å². The van der Waals surface area contributed by atoms with E-state index in [9.17, 15) is 40.5 Å². The molecule has 0 bridgehead atoms. The minimum atomic E-state index is -1.70. The number of aliphatic hydroxyl groups is 7. The van der Waals surface area contributed by atoms with E-state index in [0.29, 0.717) is 17.1 Å². The molecule has 1 aromatic rings. The number of hydrogen-bond donors (Lipinski definition) is 7. The van der Waals surface area contributed by atoms with Crippen molar-refractivity contribution in [2.24, 2.45) is 11.8 Å². The van der Waals surface area contributed by atoms with Crippen molar-refractivity contribution in [1.82, 2.24) is 0 Å². The summed E-state index contributed by atoms with van der Waals surface area (Å²) >= 11 is 0. The predicted octanol–water partition coefficient (Wildman–Crippen LogP) is -2.46. The normalized spacial score (nSPS) is 44.2. The van der Waals surface area contributed by atoms with Gasteiger partial charge in [0.15, 0.2) is 30.2 Å². The minimum absolute atomic E-state index is 0.451. The maximum absolute atomic E-state index is 12.8. The fraction of sp³-hybridized carbons (Fsp3) is 0.656. The van der Waals surface area contributed by atoms with Crippen molar-refractivity contribution < 1.29 is 83.2 Å².